The average Bonchev–Trinajstić information content (AvgIpc) is 3.33. The van der Waals surface area contributed by atoms with Crippen LogP contribution in [0.25, 0.3) is 0 Å². The number of carbonyl (C=O) groups excluding carboxylic acids is 1. The highest BCUT2D eigenvalue weighted by Gasteiger charge is 2.06. The molecule has 0 bridgehead atoms. The maximum Gasteiger partial charge on any atom is 0.265 e. The lowest BCUT2D eigenvalue weighted by atomic mass is 10.3. The van der Waals surface area contributed by atoms with Crippen molar-refractivity contribution in [3.05, 3.63) is 65.1 Å². The predicted octanol–water partition coefficient (Wildman–Crippen LogP) is 4.07. The molecule has 0 atom stereocenters. The molecule has 0 spiro atoms. The SMILES string of the molecule is C/C(=N/OCC(=O)Nc1cnn(CSc2ccccc2)c1)c1cccs1. The number of hydrogen-bond acceptors (Lipinski definition) is 6. The van der Waals surface area contributed by atoms with Crippen molar-refractivity contribution in [2.45, 2.75) is 17.7 Å². The van der Waals surface area contributed by atoms with Crippen LogP contribution in [0.5, 0.6) is 0 Å². The average molecular weight is 387 g/mol. The molecule has 0 aliphatic carbocycles. The molecule has 3 aromatic rings. The maximum absolute atomic E-state index is 11.9. The van der Waals surface area contributed by atoms with E-state index in [1.54, 1.807) is 40.2 Å². The van der Waals surface area contributed by atoms with E-state index in [9.17, 15) is 4.79 Å². The van der Waals surface area contributed by atoms with E-state index in [2.05, 4.69) is 15.6 Å². The number of thiophene rings is 1. The fourth-order valence-electron chi connectivity index (χ4n) is 2.07. The number of oxime groups is 1. The highest BCUT2D eigenvalue weighted by Crippen LogP contribution is 2.19. The molecule has 2 aromatic heterocycles. The van der Waals surface area contributed by atoms with Gasteiger partial charge in [-0.3, -0.25) is 9.48 Å². The van der Waals surface area contributed by atoms with Gasteiger partial charge in [-0.2, -0.15) is 5.10 Å². The van der Waals surface area contributed by atoms with Gasteiger partial charge in [0, 0.05) is 11.1 Å². The zero-order chi connectivity index (χ0) is 18.2. The zero-order valence-corrected chi connectivity index (χ0v) is 15.8. The number of nitrogens with one attached hydrogen (secondary N) is 1. The Balaban J connectivity index is 1.43. The number of thioether (sulfide) groups is 1. The molecule has 0 aliphatic heterocycles. The summed E-state index contributed by atoms with van der Waals surface area (Å²) in [5.74, 6) is 0.392. The summed E-state index contributed by atoms with van der Waals surface area (Å²) in [5, 5.41) is 12.9. The molecule has 0 saturated carbocycles. The molecular formula is C18H18N4O2S2. The molecule has 1 amide bonds. The van der Waals surface area contributed by atoms with Crippen molar-refractivity contribution in [2.75, 3.05) is 11.9 Å². The molecule has 0 saturated heterocycles. The molecule has 0 fully saturated rings. The third-order valence-electron chi connectivity index (χ3n) is 3.30. The molecule has 3 rings (SSSR count). The van der Waals surface area contributed by atoms with Crippen LogP contribution in [-0.4, -0.2) is 28.0 Å². The molecule has 134 valence electrons. The fraction of sp³-hybridized carbons (Fsp3) is 0.167. The van der Waals surface area contributed by atoms with Crippen LogP contribution in [0.1, 0.15) is 11.8 Å². The van der Waals surface area contributed by atoms with Gasteiger partial charge in [-0.15, -0.1) is 23.1 Å². The highest BCUT2D eigenvalue weighted by atomic mass is 32.2. The first-order valence-electron chi connectivity index (χ1n) is 7.91. The van der Waals surface area contributed by atoms with Crippen LogP contribution in [-0.2, 0) is 15.5 Å². The second-order valence-electron chi connectivity index (χ2n) is 5.33. The Morgan fingerprint density at radius 2 is 2.15 bits per heavy atom. The number of carbonyl (C=O) groups is 1. The second kappa shape index (κ2) is 9.21. The van der Waals surface area contributed by atoms with Crippen LogP contribution < -0.4 is 5.32 Å². The quantitative estimate of drug-likeness (QED) is 0.360. The number of hydrogen-bond donors (Lipinski definition) is 1. The van der Waals surface area contributed by atoms with E-state index < -0.39 is 0 Å². The lowest BCUT2D eigenvalue weighted by Gasteiger charge is -2.03. The Hall–Kier alpha value is -2.58. The molecule has 2 heterocycles. The van der Waals surface area contributed by atoms with Gasteiger partial charge in [-0.05, 0) is 30.5 Å². The number of nitrogens with zero attached hydrogens (tertiary/aromatic N) is 3. The van der Waals surface area contributed by atoms with Gasteiger partial charge >= 0.3 is 0 Å². The first-order chi connectivity index (χ1) is 12.7. The Morgan fingerprint density at radius 1 is 1.31 bits per heavy atom. The van der Waals surface area contributed by atoms with Crippen LogP contribution in [0.2, 0.25) is 0 Å². The summed E-state index contributed by atoms with van der Waals surface area (Å²) < 4.78 is 1.77. The lowest BCUT2D eigenvalue weighted by molar-refractivity contribution is -0.120. The Morgan fingerprint density at radius 3 is 2.92 bits per heavy atom. The van der Waals surface area contributed by atoms with Crippen molar-refractivity contribution in [1.29, 1.82) is 0 Å². The third-order valence-corrected chi connectivity index (χ3v) is 5.28. The van der Waals surface area contributed by atoms with E-state index in [1.807, 2.05) is 54.8 Å². The summed E-state index contributed by atoms with van der Waals surface area (Å²) in [6.45, 7) is 1.70. The number of anilines is 1. The van der Waals surface area contributed by atoms with E-state index >= 15 is 0 Å². The third kappa shape index (κ3) is 5.47. The summed E-state index contributed by atoms with van der Waals surface area (Å²) >= 11 is 3.24. The van der Waals surface area contributed by atoms with Crippen LogP contribution in [0.15, 0.2) is 70.3 Å². The van der Waals surface area contributed by atoms with Crippen LogP contribution in [0.3, 0.4) is 0 Å². The Bertz CT molecular complexity index is 860. The normalized spacial score (nSPS) is 11.3. The van der Waals surface area contributed by atoms with E-state index in [0.717, 1.165) is 10.6 Å². The van der Waals surface area contributed by atoms with E-state index in [4.69, 9.17) is 4.84 Å². The molecule has 0 radical (unpaired) electrons. The van der Waals surface area contributed by atoms with Gasteiger partial charge in [-0.25, -0.2) is 0 Å². The number of rotatable bonds is 8. The summed E-state index contributed by atoms with van der Waals surface area (Å²) in [4.78, 5) is 19.2. The smallest absolute Gasteiger partial charge is 0.265 e. The zero-order valence-electron chi connectivity index (χ0n) is 14.2. The molecule has 1 aromatic carbocycles. The number of benzene rings is 1. The van der Waals surface area contributed by atoms with Gasteiger partial charge in [0.2, 0.25) is 0 Å². The van der Waals surface area contributed by atoms with E-state index in [1.165, 1.54) is 4.90 Å². The van der Waals surface area contributed by atoms with Crippen molar-refractivity contribution < 1.29 is 9.63 Å². The number of amides is 1. The largest absolute Gasteiger partial charge is 0.385 e. The lowest BCUT2D eigenvalue weighted by Crippen LogP contribution is -2.17. The Labute approximate surface area is 159 Å². The molecule has 0 unspecified atom stereocenters. The van der Waals surface area contributed by atoms with Crippen LogP contribution in [0, 0.1) is 0 Å². The number of aromatic nitrogens is 2. The monoisotopic (exact) mass is 386 g/mol. The fourth-order valence-corrected chi connectivity index (χ4v) is 3.51. The standard InChI is InChI=1S/C18H18N4O2S2/c1-14(17-8-5-9-25-17)21-24-12-18(23)20-15-10-19-22(11-15)13-26-16-6-3-2-4-7-16/h2-11H,12-13H2,1H3,(H,20,23)/b21-14-. The molecule has 6 nitrogen and oxygen atoms in total. The highest BCUT2D eigenvalue weighted by molar-refractivity contribution is 7.98. The van der Waals surface area contributed by atoms with Gasteiger partial charge in [0.05, 0.1) is 28.3 Å². The van der Waals surface area contributed by atoms with Crippen molar-refractivity contribution in [1.82, 2.24) is 9.78 Å². The van der Waals surface area contributed by atoms with E-state index in [-0.39, 0.29) is 12.5 Å². The van der Waals surface area contributed by atoms with Gasteiger partial charge in [0.25, 0.3) is 5.91 Å². The molecule has 0 aliphatic rings. The molecule has 26 heavy (non-hydrogen) atoms. The van der Waals surface area contributed by atoms with Gasteiger partial charge < -0.3 is 10.2 Å². The van der Waals surface area contributed by atoms with Gasteiger partial charge in [0.1, 0.15) is 0 Å². The minimum atomic E-state index is -0.275. The van der Waals surface area contributed by atoms with Crippen molar-refractivity contribution >= 4 is 40.4 Å². The predicted molar refractivity (Wildman–Crippen MR) is 106 cm³/mol. The van der Waals surface area contributed by atoms with Crippen LogP contribution in [0.4, 0.5) is 5.69 Å². The van der Waals surface area contributed by atoms with Crippen molar-refractivity contribution in [2.24, 2.45) is 5.16 Å². The molecule has 1 N–H and O–H groups in total. The summed E-state index contributed by atoms with van der Waals surface area (Å²) in [5.41, 5.74) is 1.38. The van der Waals surface area contributed by atoms with Gasteiger partial charge in [-0.1, -0.05) is 29.4 Å². The van der Waals surface area contributed by atoms with Crippen LogP contribution >= 0.6 is 23.1 Å². The topological polar surface area (TPSA) is 68.5 Å². The van der Waals surface area contributed by atoms with E-state index in [0.29, 0.717) is 11.6 Å². The minimum absolute atomic E-state index is 0.146. The molecule has 8 heteroatoms. The maximum atomic E-state index is 11.9. The second-order valence-corrected chi connectivity index (χ2v) is 7.30. The first-order valence-corrected chi connectivity index (χ1v) is 9.78. The Kier molecular flexibility index (Phi) is 6.45. The van der Waals surface area contributed by atoms with Gasteiger partial charge in [0.15, 0.2) is 6.61 Å². The summed E-state index contributed by atoms with van der Waals surface area (Å²) in [6, 6.07) is 14.0. The molecular weight excluding hydrogens is 368 g/mol. The summed E-state index contributed by atoms with van der Waals surface area (Å²) in [6.07, 6.45) is 3.40. The van der Waals surface area contributed by atoms with Crippen molar-refractivity contribution in [3.63, 3.8) is 0 Å². The first kappa shape index (κ1) is 18.2. The summed E-state index contributed by atoms with van der Waals surface area (Å²) in [7, 11) is 0. The van der Waals surface area contributed by atoms with Crippen molar-refractivity contribution in [3.8, 4) is 0 Å². The minimum Gasteiger partial charge on any atom is -0.385 e.